The number of aromatic nitrogens is 7. The molecule has 0 spiro atoms. The highest BCUT2D eigenvalue weighted by Gasteiger charge is 2.20. The van der Waals surface area contributed by atoms with Crippen LogP contribution < -0.4 is 16.2 Å². The Morgan fingerprint density at radius 3 is 2.67 bits per heavy atom. The summed E-state index contributed by atoms with van der Waals surface area (Å²) in [5, 5.41) is 28.5. The van der Waals surface area contributed by atoms with Crippen molar-refractivity contribution >= 4 is 28.4 Å². The molecule has 6 aromatic rings. The summed E-state index contributed by atoms with van der Waals surface area (Å²) in [5.74, 6) is 1.19. The van der Waals surface area contributed by atoms with E-state index < -0.39 is 6.04 Å². The highest BCUT2D eigenvalue weighted by atomic mass is 16.4. The lowest BCUT2D eigenvalue weighted by atomic mass is 10.1. The van der Waals surface area contributed by atoms with Crippen LogP contribution in [0.1, 0.15) is 18.5 Å². The number of aliphatic hydroxyl groups is 1. The maximum absolute atomic E-state index is 12.2. The molecule has 0 aliphatic carbocycles. The SMILES string of the molecule is CCn1[nH]c(=O)c2ccc(Nc3ncc(-c4nnc(-c5cccnc5)o4)c(N[C@H](CO)c4ccccc4)n3)cc21. The van der Waals surface area contributed by atoms with Gasteiger partial charge in [0.15, 0.2) is 0 Å². The third-order valence-corrected chi connectivity index (χ3v) is 6.39. The molecule has 0 saturated carbocycles. The van der Waals surface area contributed by atoms with E-state index in [4.69, 9.17) is 9.40 Å². The van der Waals surface area contributed by atoms with Crippen molar-refractivity contribution in [3.63, 3.8) is 0 Å². The summed E-state index contributed by atoms with van der Waals surface area (Å²) < 4.78 is 7.73. The smallest absolute Gasteiger partial charge is 0.271 e. The molecular formula is C28H25N9O3. The van der Waals surface area contributed by atoms with Crippen molar-refractivity contribution in [2.45, 2.75) is 19.5 Å². The van der Waals surface area contributed by atoms with E-state index in [1.807, 2.05) is 49.4 Å². The van der Waals surface area contributed by atoms with Crippen LogP contribution in [0.15, 0.2) is 88.5 Å². The van der Waals surface area contributed by atoms with Gasteiger partial charge in [-0.2, -0.15) is 4.98 Å². The fourth-order valence-corrected chi connectivity index (χ4v) is 4.38. The molecule has 0 aliphatic rings. The number of anilines is 3. The second kappa shape index (κ2) is 10.8. The van der Waals surface area contributed by atoms with Crippen LogP contribution in [-0.4, -0.2) is 46.6 Å². The Balaban J connectivity index is 1.38. The molecule has 4 N–H and O–H groups in total. The maximum Gasteiger partial charge on any atom is 0.271 e. The van der Waals surface area contributed by atoms with Crippen LogP contribution in [-0.2, 0) is 6.54 Å². The van der Waals surface area contributed by atoms with Crippen molar-refractivity contribution in [2.24, 2.45) is 0 Å². The van der Waals surface area contributed by atoms with Gasteiger partial charge in [0.1, 0.15) is 5.82 Å². The van der Waals surface area contributed by atoms with Crippen LogP contribution >= 0.6 is 0 Å². The van der Waals surface area contributed by atoms with Gasteiger partial charge in [-0.3, -0.25) is 19.6 Å². The van der Waals surface area contributed by atoms with Crippen molar-refractivity contribution in [1.82, 2.24) is 34.9 Å². The average molecular weight is 536 g/mol. The summed E-state index contributed by atoms with van der Waals surface area (Å²) in [7, 11) is 0. The van der Waals surface area contributed by atoms with Crippen molar-refractivity contribution < 1.29 is 9.52 Å². The molecule has 6 rings (SSSR count). The Bertz CT molecular complexity index is 1810. The molecule has 4 aromatic heterocycles. The zero-order valence-electron chi connectivity index (χ0n) is 21.4. The Hall–Kier alpha value is -5.36. The molecule has 0 saturated heterocycles. The summed E-state index contributed by atoms with van der Waals surface area (Å²) in [6, 6.07) is 18.1. The van der Waals surface area contributed by atoms with E-state index in [1.54, 1.807) is 41.5 Å². The normalized spacial score (nSPS) is 11.9. The molecule has 4 heterocycles. The molecule has 40 heavy (non-hydrogen) atoms. The van der Waals surface area contributed by atoms with Gasteiger partial charge >= 0.3 is 0 Å². The number of nitrogens with zero attached hydrogens (tertiary/aromatic N) is 6. The van der Waals surface area contributed by atoms with Gasteiger partial charge < -0.3 is 20.2 Å². The second-order valence-electron chi connectivity index (χ2n) is 8.94. The molecule has 0 fully saturated rings. The standard InChI is InChI=1S/C28H25N9O3/c1-2-37-23-13-19(10-11-20(23)25(39)36-37)31-28-30-15-21(27-35-34-26(40-27)18-9-6-12-29-14-18)24(33-28)32-22(16-38)17-7-4-3-5-8-17/h3-15,22,38H,2,16H2,1H3,(H,36,39)(H2,30,31,32,33)/t22-/m1/s1. The summed E-state index contributed by atoms with van der Waals surface area (Å²) in [5.41, 5.74) is 3.34. The first-order valence-corrected chi connectivity index (χ1v) is 12.7. The molecule has 2 aromatic carbocycles. The van der Waals surface area contributed by atoms with Gasteiger partial charge in [-0.25, -0.2) is 4.98 Å². The molecule has 12 nitrogen and oxygen atoms in total. The summed E-state index contributed by atoms with van der Waals surface area (Å²) in [4.78, 5) is 25.5. The topological polar surface area (TPSA) is 160 Å². The first-order chi connectivity index (χ1) is 19.6. The summed E-state index contributed by atoms with van der Waals surface area (Å²) in [6.07, 6.45) is 4.88. The Morgan fingerprint density at radius 1 is 1.05 bits per heavy atom. The van der Waals surface area contributed by atoms with E-state index in [0.717, 1.165) is 11.1 Å². The highest BCUT2D eigenvalue weighted by Crippen LogP contribution is 2.31. The number of fused-ring (bicyclic) bond motifs is 1. The van der Waals surface area contributed by atoms with Crippen molar-refractivity contribution in [3.8, 4) is 22.9 Å². The van der Waals surface area contributed by atoms with Gasteiger partial charge in [-0.15, -0.1) is 10.2 Å². The highest BCUT2D eigenvalue weighted by molar-refractivity contribution is 5.83. The number of H-pyrrole nitrogens is 1. The van der Waals surface area contributed by atoms with Gasteiger partial charge in [-0.1, -0.05) is 30.3 Å². The van der Waals surface area contributed by atoms with E-state index in [0.29, 0.717) is 46.4 Å². The minimum Gasteiger partial charge on any atom is -0.416 e. The molecule has 0 bridgehead atoms. The fraction of sp³-hybridized carbons (Fsp3) is 0.143. The number of aliphatic hydroxyl groups excluding tert-OH is 1. The first kappa shape index (κ1) is 24.9. The number of pyridine rings is 1. The Morgan fingerprint density at radius 2 is 1.90 bits per heavy atom. The van der Waals surface area contributed by atoms with E-state index in [2.05, 4.69) is 35.9 Å². The zero-order valence-corrected chi connectivity index (χ0v) is 21.4. The summed E-state index contributed by atoms with van der Waals surface area (Å²) in [6.45, 7) is 2.39. The largest absolute Gasteiger partial charge is 0.416 e. The lowest BCUT2D eigenvalue weighted by molar-refractivity contribution is 0.276. The molecule has 0 unspecified atom stereocenters. The summed E-state index contributed by atoms with van der Waals surface area (Å²) >= 11 is 0. The minimum absolute atomic E-state index is 0.142. The number of rotatable bonds is 9. The van der Waals surface area contributed by atoms with Crippen LogP contribution in [0.25, 0.3) is 33.8 Å². The lowest BCUT2D eigenvalue weighted by Gasteiger charge is -2.19. The van der Waals surface area contributed by atoms with E-state index in [9.17, 15) is 9.90 Å². The molecular weight excluding hydrogens is 510 g/mol. The zero-order chi connectivity index (χ0) is 27.5. The minimum atomic E-state index is -0.460. The monoisotopic (exact) mass is 535 g/mol. The lowest BCUT2D eigenvalue weighted by Crippen LogP contribution is -2.17. The molecule has 200 valence electrons. The maximum atomic E-state index is 12.2. The van der Waals surface area contributed by atoms with Crippen LogP contribution in [0, 0.1) is 0 Å². The fourth-order valence-electron chi connectivity index (χ4n) is 4.38. The van der Waals surface area contributed by atoms with Gasteiger partial charge in [0.2, 0.25) is 11.8 Å². The predicted octanol–water partition coefficient (Wildman–Crippen LogP) is 4.14. The van der Waals surface area contributed by atoms with Crippen LogP contribution in [0.4, 0.5) is 17.5 Å². The van der Waals surface area contributed by atoms with Crippen LogP contribution in [0.5, 0.6) is 0 Å². The second-order valence-corrected chi connectivity index (χ2v) is 8.94. The van der Waals surface area contributed by atoms with Gasteiger partial charge in [0.25, 0.3) is 11.4 Å². The molecule has 0 radical (unpaired) electrons. The van der Waals surface area contributed by atoms with E-state index >= 15 is 0 Å². The number of aryl methyl sites for hydroxylation is 1. The van der Waals surface area contributed by atoms with E-state index in [1.165, 1.54) is 0 Å². The molecule has 0 aliphatic heterocycles. The average Bonchev–Trinajstić information content (AvgIpc) is 3.61. The number of aromatic amines is 1. The van der Waals surface area contributed by atoms with Gasteiger partial charge in [-0.05, 0) is 42.8 Å². The third-order valence-electron chi connectivity index (χ3n) is 6.39. The number of hydrogen-bond donors (Lipinski definition) is 4. The van der Waals surface area contributed by atoms with E-state index in [-0.39, 0.29) is 18.1 Å². The number of benzene rings is 2. The Labute approximate surface area is 227 Å². The van der Waals surface area contributed by atoms with Crippen molar-refractivity contribution in [1.29, 1.82) is 0 Å². The molecule has 1 atom stereocenters. The van der Waals surface area contributed by atoms with Crippen molar-refractivity contribution in [3.05, 3.63) is 95.2 Å². The quantitative estimate of drug-likeness (QED) is 0.212. The Kier molecular flexibility index (Phi) is 6.73. The molecule has 12 heteroatoms. The van der Waals surface area contributed by atoms with Gasteiger partial charge in [0, 0.05) is 30.8 Å². The van der Waals surface area contributed by atoms with Crippen molar-refractivity contribution in [2.75, 3.05) is 17.2 Å². The van der Waals surface area contributed by atoms with Crippen LogP contribution in [0.2, 0.25) is 0 Å². The third kappa shape index (κ3) is 4.90. The first-order valence-electron chi connectivity index (χ1n) is 12.7. The number of nitrogens with one attached hydrogen (secondary N) is 3. The molecule has 0 amide bonds. The van der Waals surface area contributed by atoms with Crippen LogP contribution in [0.3, 0.4) is 0 Å². The van der Waals surface area contributed by atoms with Gasteiger partial charge in [0.05, 0.1) is 34.7 Å². The number of hydrogen-bond acceptors (Lipinski definition) is 10. The predicted molar refractivity (Wildman–Crippen MR) is 150 cm³/mol.